The van der Waals surface area contributed by atoms with Crippen LogP contribution < -0.4 is 22.2 Å². The summed E-state index contributed by atoms with van der Waals surface area (Å²) in [4.78, 5) is 12.3. The molecule has 1 aliphatic carbocycles. The van der Waals surface area contributed by atoms with Crippen LogP contribution in [0.4, 0.5) is 20.2 Å². The number of anilines is 2. The van der Waals surface area contributed by atoms with Gasteiger partial charge in [-0.05, 0) is 26.2 Å². The number of hydrogen-bond acceptors (Lipinski definition) is 5. The third-order valence-corrected chi connectivity index (χ3v) is 5.00. The molecule has 0 radical (unpaired) electrons. The van der Waals surface area contributed by atoms with Crippen LogP contribution in [0, 0.1) is 11.6 Å². The van der Waals surface area contributed by atoms with Gasteiger partial charge in [0.25, 0.3) is 0 Å². The highest BCUT2D eigenvalue weighted by Crippen LogP contribution is 2.37. The summed E-state index contributed by atoms with van der Waals surface area (Å²) < 4.78 is 36.9. The van der Waals surface area contributed by atoms with Gasteiger partial charge in [-0.15, -0.1) is 0 Å². The number of nitrogens with two attached hydrogens (primary N) is 2. The van der Waals surface area contributed by atoms with Crippen molar-refractivity contribution < 1.29 is 13.5 Å². The van der Waals surface area contributed by atoms with E-state index in [0.717, 1.165) is 25.7 Å². The van der Waals surface area contributed by atoms with Crippen LogP contribution in [0.1, 0.15) is 45.1 Å². The number of benzene rings is 1. The number of ether oxygens (including phenoxy) is 1. The number of pyridine rings is 1. The molecule has 1 aromatic carbocycles. The van der Waals surface area contributed by atoms with Crippen molar-refractivity contribution in [3.05, 3.63) is 34.1 Å². The molecule has 8 heteroatoms. The van der Waals surface area contributed by atoms with Gasteiger partial charge in [-0.1, -0.05) is 12.8 Å². The maximum Gasteiger partial charge on any atom is 0.191 e. The Bertz CT molecular complexity index is 876. The zero-order chi connectivity index (χ0) is 19.6. The Labute approximate surface area is 156 Å². The summed E-state index contributed by atoms with van der Waals surface area (Å²) in [6.45, 7) is 2.36. The SMILES string of the molecule is CC(N)OCCCNc1c(F)c(N)c2c(=O)ccn(C3CCCC3)c2c1F. The average Bonchev–Trinajstić information content (AvgIpc) is 3.16. The van der Waals surface area contributed by atoms with Gasteiger partial charge in [0, 0.05) is 24.8 Å². The van der Waals surface area contributed by atoms with E-state index in [1.165, 1.54) is 6.07 Å². The summed E-state index contributed by atoms with van der Waals surface area (Å²) in [6.07, 6.45) is 5.58. The van der Waals surface area contributed by atoms with E-state index in [1.54, 1.807) is 17.7 Å². The molecule has 2 aromatic rings. The minimum absolute atomic E-state index is 0.0719. The number of hydrogen-bond donors (Lipinski definition) is 3. The molecule has 5 N–H and O–H groups in total. The van der Waals surface area contributed by atoms with E-state index < -0.39 is 23.3 Å². The van der Waals surface area contributed by atoms with Gasteiger partial charge in [0.2, 0.25) is 0 Å². The summed E-state index contributed by atoms with van der Waals surface area (Å²) in [5.41, 5.74) is 10.3. The lowest BCUT2D eigenvalue weighted by Crippen LogP contribution is -2.21. The summed E-state index contributed by atoms with van der Waals surface area (Å²) in [7, 11) is 0. The molecule has 3 rings (SSSR count). The summed E-state index contributed by atoms with van der Waals surface area (Å²) in [5, 5.41) is 2.67. The van der Waals surface area contributed by atoms with Crippen molar-refractivity contribution in [3.8, 4) is 0 Å². The lowest BCUT2D eigenvalue weighted by molar-refractivity contribution is 0.0705. The van der Waals surface area contributed by atoms with Crippen molar-refractivity contribution in [1.82, 2.24) is 4.57 Å². The van der Waals surface area contributed by atoms with Crippen LogP contribution in [-0.4, -0.2) is 23.9 Å². The Morgan fingerprint density at radius 3 is 2.70 bits per heavy atom. The second kappa shape index (κ2) is 8.22. The summed E-state index contributed by atoms with van der Waals surface area (Å²) >= 11 is 0. The molecule has 1 aliphatic rings. The Hall–Kier alpha value is -2.19. The lowest BCUT2D eigenvalue weighted by atomic mass is 10.1. The highest BCUT2D eigenvalue weighted by molar-refractivity contribution is 5.94. The Balaban J connectivity index is 1.99. The minimum Gasteiger partial charge on any atom is -0.396 e. The van der Waals surface area contributed by atoms with Crippen molar-refractivity contribution in [2.24, 2.45) is 5.73 Å². The van der Waals surface area contributed by atoms with Crippen molar-refractivity contribution in [2.45, 2.75) is 51.3 Å². The molecule has 0 amide bonds. The molecule has 6 nitrogen and oxygen atoms in total. The second-order valence-corrected chi connectivity index (χ2v) is 7.02. The first kappa shape index (κ1) is 19.6. The van der Waals surface area contributed by atoms with E-state index in [2.05, 4.69) is 5.32 Å². The Morgan fingerprint density at radius 1 is 1.33 bits per heavy atom. The first-order valence-electron chi connectivity index (χ1n) is 9.34. The number of nitrogens with one attached hydrogen (secondary N) is 1. The van der Waals surface area contributed by atoms with Crippen molar-refractivity contribution >= 4 is 22.3 Å². The van der Waals surface area contributed by atoms with Crippen molar-refractivity contribution in [3.63, 3.8) is 0 Å². The fourth-order valence-corrected chi connectivity index (χ4v) is 3.69. The largest absolute Gasteiger partial charge is 0.396 e. The normalized spacial score (nSPS) is 16.1. The van der Waals surface area contributed by atoms with Gasteiger partial charge in [0.1, 0.15) is 11.9 Å². The standard InChI is InChI=1S/C19H26F2N4O2/c1-11(22)27-10-4-8-24-18-15(20)17(23)14-13(26)7-9-25(19(14)16(18)21)12-5-2-3-6-12/h7,9,11-12,24H,2-6,8,10,22-23H2,1H3. The minimum atomic E-state index is -0.936. The zero-order valence-electron chi connectivity index (χ0n) is 15.4. The fourth-order valence-electron chi connectivity index (χ4n) is 3.69. The first-order valence-corrected chi connectivity index (χ1v) is 9.34. The van der Waals surface area contributed by atoms with E-state index in [-0.39, 0.29) is 34.9 Å². The molecule has 1 aromatic heterocycles. The number of halogens is 2. The van der Waals surface area contributed by atoms with Crippen molar-refractivity contribution in [1.29, 1.82) is 0 Å². The molecule has 27 heavy (non-hydrogen) atoms. The fraction of sp³-hybridized carbons (Fsp3) is 0.526. The predicted molar refractivity (Wildman–Crippen MR) is 103 cm³/mol. The highest BCUT2D eigenvalue weighted by Gasteiger charge is 2.25. The van der Waals surface area contributed by atoms with Gasteiger partial charge in [0.05, 0.1) is 23.2 Å². The van der Waals surface area contributed by atoms with E-state index in [0.29, 0.717) is 13.0 Å². The second-order valence-electron chi connectivity index (χ2n) is 7.02. The van der Waals surface area contributed by atoms with Crippen LogP contribution >= 0.6 is 0 Å². The van der Waals surface area contributed by atoms with Crippen LogP contribution in [0.15, 0.2) is 17.1 Å². The van der Waals surface area contributed by atoms with Crippen LogP contribution in [0.3, 0.4) is 0 Å². The molecule has 148 valence electrons. The third-order valence-electron chi connectivity index (χ3n) is 5.00. The van der Waals surface area contributed by atoms with E-state index in [1.807, 2.05) is 0 Å². The molecule has 1 fully saturated rings. The van der Waals surface area contributed by atoms with E-state index in [4.69, 9.17) is 16.2 Å². The van der Waals surface area contributed by atoms with Gasteiger partial charge >= 0.3 is 0 Å². The summed E-state index contributed by atoms with van der Waals surface area (Å²) in [6, 6.07) is 1.41. The molecule has 1 saturated carbocycles. The molecule has 1 unspecified atom stereocenters. The maximum atomic E-state index is 15.3. The highest BCUT2D eigenvalue weighted by atomic mass is 19.1. The lowest BCUT2D eigenvalue weighted by Gasteiger charge is -2.21. The number of nitrogen functional groups attached to an aromatic ring is 1. The van der Waals surface area contributed by atoms with Gasteiger partial charge in [-0.3, -0.25) is 4.79 Å². The van der Waals surface area contributed by atoms with Crippen LogP contribution in [0.2, 0.25) is 0 Å². The first-order chi connectivity index (χ1) is 12.9. The molecule has 0 aliphatic heterocycles. The smallest absolute Gasteiger partial charge is 0.191 e. The van der Waals surface area contributed by atoms with E-state index in [9.17, 15) is 9.18 Å². The summed E-state index contributed by atoms with van der Waals surface area (Å²) in [5.74, 6) is -1.72. The van der Waals surface area contributed by atoms with Gasteiger partial charge in [0.15, 0.2) is 17.1 Å². The quantitative estimate of drug-likeness (QED) is 0.390. The number of rotatable bonds is 7. The van der Waals surface area contributed by atoms with E-state index >= 15 is 4.39 Å². The molecule has 0 saturated heterocycles. The van der Waals surface area contributed by atoms with Gasteiger partial charge in [-0.25, -0.2) is 8.78 Å². The van der Waals surface area contributed by atoms with Crippen LogP contribution in [0.5, 0.6) is 0 Å². The molecular formula is C19H26F2N4O2. The molecule has 0 spiro atoms. The molecular weight excluding hydrogens is 354 g/mol. The Kier molecular flexibility index (Phi) is 5.96. The third kappa shape index (κ3) is 3.91. The van der Waals surface area contributed by atoms with Crippen LogP contribution in [0.25, 0.3) is 10.9 Å². The number of aromatic nitrogens is 1. The number of fused-ring (bicyclic) bond motifs is 1. The molecule has 1 heterocycles. The predicted octanol–water partition coefficient (Wildman–Crippen LogP) is 3.10. The number of nitrogens with zero attached hydrogens (tertiary/aromatic N) is 1. The van der Waals surface area contributed by atoms with Gasteiger partial charge < -0.3 is 26.1 Å². The molecule has 0 bridgehead atoms. The molecule has 1 atom stereocenters. The van der Waals surface area contributed by atoms with Crippen molar-refractivity contribution in [2.75, 3.05) is 24.2 Å². The van der Waals surface area contributed by atoms with Crippen LogP contribution in [-0.2, 0) is 4.74 Å². The topological polar surface area (TPSA) is 95.3 Å². The average molecular weight is 380 g/mol. The maximum absolute atomic E-state index is 15.3. The monoisotopic (exact) mass is 380 g/mol. The van der Waals surface area contributed by atoms with Gasteiger partial charge in [-0.2, -0.15) is 0 Å². The zero-order valence-corrected chi connectivity index (χ0v) is 15.4. The Morgan fingerprint density at radius 2 is 2.04 bits per heavy atom.